The molecule has 0 radical (unpaired) electrons. The summed E-state index contributed by atoms with van der Waals surface area (Å²) in [6.45, 7) is 1.63. The molecule has 3 heteroatoms. The number of hydrogen-bond donors (Lipinski definition) is 0. The number of carbonyl (C=O) groups excluding carboxylic acids is 1. The summed E-state index contributed by atoms with van der Waals surface area (Å²) < 4.78 is 25.5. The van der Waals surface area contributed by atoms with Crippen molar-refractivity contribution in [2.75, 3.05) is 0 Å². The molecule has 1 aromatic rings. The molecule has 0 saturated carbocycles. The summed E-state index contributed by atoms with van der Waals surface area (Å²) in [5, 5.41) is 0. The fraction of sp³-hybridized carbons (Fsp3) is 0.250. The average molecular weight is 208 g/mol. The molecule has 0 amide bonds. The van der Waals surface area contributed by atoms with Gasteiger partial charge in [-0.25, -0.2) is 8.78 Å². The minimum absolute atomic E-state index is 0.0172. The van der Waals surface area contributed by atoms with Crippen LogP contribution in [0.5, 0.6) is 0 Å². The Kier molecular flexibility index (Phi) is 3.99. The van der Waals surface area contributed by atoms with Crippen LogP contribution in [0.2, 0.25) is 0 Å². The van der Waals surface area contributed by atoms with E-state index in [1.54, 1.807) is 6.92 Å². The first-order chi connectivity index (χ1) is 7.11. The summed E-state index contributed by atoms with van der Waals surface area (Å²) in [6, 6.07) is 3.08. The number of carbonyl (C=O) groups is 1. The number of benzene rings is 1. The van der Waals surface area contributed by atoms with Crippen molar-refractivity contribution < 1.29 is 13.6 Å². The Morgan fingerprint density at radius 1 is 1.27 bits per heavy atom. The molecule has 0 atom stereocenters. The minimum atomic E-state index is -0.667. The summed E-state index contributed by atoms with van der Waals surface area (Å²) in [4.78, 5) is 11.2. The molecule has 0 fully saturated rings. The van der Waals surface area contributed by atoms with Crippen molar-refractivity contribution in [2.45, 2.75) is 19.8 Å². The zero-order chi connectivity index (χ0) is 11.3. The van der Waals surface area contributed by atoms with Gasteiger partial charge in [-0.2, -0.15) is 0 Å². The van der Waals surface area contributed by atoms with Crippen LogP contribution in [-0.2, 0) is 11.2 Å². The predicted octanol–water partition coefficient (Wildman–Crippen LogP) is 2.49. The van der Waals surface area contributed by atoms with Crippen LogP contribution in [0, 0.1) is 23.5 Å². The highest BCUT2D eigenvalue weighted by Gasteiger charge is 2.05. The van der Waals surface area contributed by atoms with Crippen LogP contribution in [0.25, 0.3) is 0 Å². The largest absolute Gasteiger partial charge is 0.298 e. The molecule has 1 nitrogen and oxygen atoms in total. The van der Waals surface area contributed by atoms with E-state index in [1.807, 2.05) is 0 Å². The summed E-state index contributed by atoms with van der Waals surface area (Å²) in [5.74, 6) is 3.72. The highest BCUT2D eigenvalue weighted by Crippen LogP contribution is 2.09. The molecule has 0 aliphatic carbocycles. The molecular formula is C12H10F2O. The van der Waals surface area contributed by atoms with Gasteiger partial charge in [0.15, 0.2) is 0 Å². The van der Waals surface area contributed by atoms with E-state index < -0.39 is 11.6 Å². The molecule has 0 bridgehead atoms. The van der Waals surface area contributed by atoms with Crippen LogP contribution in [0.4, 0.5) is 8.78 Å². The highest BCUT2D eigenvalue weighted by atomic mass is 19.1. The first kappa shape index (κ1) is 11.4. The van der Waals surface area contributed by atoms with Crippen LogP contribution in [0.3, 0.4) is 0 Å². The van der Waals surface area contributed by atoms with E-state index in [4.69, 9.17) is 0 Å². The Labute approximate surface area is 87.1 Å². The molecule has 0 saturated heterocycles. The quantitative estimate of drug-likeness (QED) is 0.697. The summed E-state index contributed by atoms with van der Waals surface area (Å²) in [5.41, 5.74) is 0.343. The maximum atomic E-state index is 12.8. The van der Waals surface area contributed by atoms with Crippen LogP contribution in [-0.4, -0.2) is 5.78 Å². The molecule has 0 unspecified atom stereocenters. The first-order valence-electron chi connectivity index (χ1n) is 4.48. The van der Waals surface area contributed by atoms with Crippen molar-refractivity contribution in [3.05, 3.63) is 35.4 Å². The molecule has 0 aliphatic heterocycles. The van der Waals surface area contributed by atoms with Gasteiger partial charge in [-0.3, -0.25) is 4.79 Å². The standard InChI is InChI=1S/C12H10F2O/c1-2-3-4-12(15)7-9-5-10(13)8-11(14)6-9/h5-6,8H,4,7H2,1H3. The molecule has 78 valence electrons. The Balaban J connectivity index is 2.70. The van der Waals surface area contributed by atoms with Gasteiger partial charge >= 0.3 is 0 Å². The third-order valence-corrected chi connectivity index (χ3v) is 1.79. The lowest BCUT2D eigenvalue weighted by Crippen LogP contribution is -2.02. The summed E-state index contributed by atoms with van der Waals surface area (Å²) >= 11 is 0. The molecule has 0 N–H and O–H groups in total. The number of Topliss-reactive ketones (excluding diaryl/α,β-unsaturated/α-hetero) is 1. The molecule has 0 aliphatic rings. The first-order valence-corrected chi connectivity index (χ1v) is 4.48. The molecule has 0 spiro atoms. The lowest BCUT2D eigenvalue weighted by molar-refractivity contribution is -0.117. The van der Waals surface area contributed by atoms with Crippen LogP contribution in [0.15, 0.2) is 18.2 Å². The van der Waals surface area contributed by atoms with Crippen LogP contribution < -0.4 is 0 Å². The third-order valence-electron chi connectivity index (χ3n) is 1.79. The third kappa shape index (κ3) is 3.90. The molecule has 15 heavy (non-hydrogen) atoms. The minimum Gasteiger partial charge on any atom is -0.298 e. The second-order valence-corrected chi connectivity index (χ2v) is 3.10. The fourth-order valence-electron chi connectivity index (χ4n) is 1.19. The van der Waals surface area contributed by atoms with Crippen LogP contribution in [0.1, 0.15) is 18.9 Å². The Hall–Kier alpha value is -1.69. The van der Waals surface area contributed by atoms with Gasteiger partial charge in [0, 0.05) is 12.5 Å². The number of halogens is 2. The van der Waals surface area contributed by atoms with Gasteiger partial charge in [-0.05, 0) is 24.6 Å². The summed E-state index contributed by atoms with van der Waals surface area (Å²) in [7, 11) is 0. The van der Waals surface area contributed by atoms with Crippen molar-refractivity contribution in [3.63, 3.8) is 0 Å². The molecular weight excluding hydrogens is 198 g/mol. The van der Waals surface area contributed by atoms with Gasteiger partial charge in [-0.15, -0.1) is 5.92 Å². The SMILES string of the molecule is CC#CCC(=O)Cc1cc(F)cc(F)c1. The maximum absolute atomic E-state index is 12.8. The van der Waals surface area contributed by atoms with Crippen molar-refractivity contribution in [1.82, 2.24) is 0 Å². The second kappa shape index (κ2) is 5.26. The van der Waals surface area contributed by atoms with Crippen molar-refractivity contribution in [3.8, 4) is 11.8 Å². The Morgan fingerprint density at radius 3 is 2.40 bits per heavy atom. The van der Waals surface area contributed by atoms with E-state index in [9.17, 15) is 13.6 Å². The summed E-state index contributed by atoms with van der Waals surface area (Å²) in [6.07, 6.45) is 0.137. The topological polar surface area (TPSA) is 17.1 Å². The normalized spacial score (nSPS) is 9.27. The predicted molar refractivity (Wildman–Crippen MR) is 53.1 cm³/mol. The number of hydrogen-bond acceptors (Lipinski definition) is 1. The Bertz CT molecular complexity index is 407. The Morgan fingerprint density at radius 2 is 1.87 bits per heavy atom. The van der Waals surface area contributed by atoms with Crippen molar-refractivity contribution in [2.24, 2.45) is 0 Å². The fourth-order valence-corrected chi connectivity index (χ4v) is 1.19. The molecule has 1 aromatic carbocycles. The second-order valence-electron chi connectivity index (χ2n) is 3.10. The smallest absolute Gasteiger partial charge is 0.149 e. The van der Waals surface area contributed by atoms with E-state index in [-0.39, 0.29) is 18.6 Å². The molecule has 1 rings (SSSR count). The van der Waals surface area contributed by atoms with E-state index in [1.165, 1.54) is 0 Å². The van der Waals surface area contributed by atoms with Gasteiger partial charge < -0.3 is 0 Å². The van der Waals surface area contributed by atoms with Gasteiger partial charge in [0.05, 0.1) is 6.42 Å². The highest BCUT2D eigenvalue weighted by molar-refractivity contribution is 5.83. The maximum Gasteiger partial charge on any atom is 0.149 e. The lowest BCUT2D eigenvalue weighted by Gasteiger charge is -1.99. The van der Waals surface area contributed by atoms with Crippen LogP contribution >= 0.6 is 0 Å². The van der Waals surface area contributed by atoms with E-state index in [0.29, 0.717) is 5.56 Å². The van der Waals surface area contributed by atoms with Gasteiger partial charge in [0.1, 0.15) is 17.4 Å². The molecule has 0 aromatic heterocycles. The average Bonchev–Trinajstić information content (AvgIpc) is 2.13. The van der Waals surface area contributed by atoms with E-state index in [2.05, 4.69) is 11.8 Å². The zero-order valence-electron chi connectivity index (χ0n) is 8.31. The van der Waals surface area contributed by atoms with E-state index in [0.717, 1.165) is 18.2 Å². The lowest BCUT2D eigenvalue weighted by atomic mass is 10.1. The number of rotatable bonds is 3. The number of ketones is 1. The molecule has 0 heterocycles. The van der Waals surface area contributed by atoms with Crippen molar-refractivity contribution in [1.29, 1.82) is 0 Å². The van der Waals surface area contributed by atoms with Gasteiger partial charge in [-0.1, -0.05) is 5.92 Å². The zero-order valence-corrected chi connectivity index (χ0v) is 8.31. The van der Waals surface area contributed by atoms with Gasteiger partial charge in [0.25, 0.3) is 0 Å². The monoisotopic (exact) mass is 208 g/mol. The van der Waals surface area contributed by atoms with Crippen molar-refractivity contribution >= 4 is 5.78 Å². The van der Waals surface area contributed by atoms with Gasteiger partial charge in [0.2, 0.25) is 0 Å². The van der Waals surface area contributed by atoms with E-state index >= 15 is 0 Å².